The third-order valence-electron chi connectivity index (χ3n) is 5.13. The zero-order chi connectivity index (χ0) is 24.8. The van der Waals surface area contributed by atoms with Crippen LogP contribution in [0.15, 0.2) is 47.6 Å². The number of methoxy groups -OCH3 is 1. The molecule has 3 aromatic rings. The highest BCUT2D eigenvalue weighted by Crippen LogP contribution is 2.29. The van der Waals surface area contributed by atoms with E-state index in [0.717, 1.165) is 5.56 Å². The van der Waals surface area contributed by atoms with Crippen molar-refractivity contribution in [3.8, 4) is 11.5 Å². The number of carbonyl (C=O) groups is 1. The summed E-state index contributed by atoms with van der Waals surface area (Å²) in [7, 11) is 1.52. The van der Waals surface area contributed by atoms with Gasteiger partial charge in [-0.05, 0) is 50.6 Å². The lowest BCUT2D eigenvalue weighted by Gasteiger charge is -2.12. The summed E-state index contributed by atoms with van der Waals surface area (Å²) in [6.45, 7) is 4.94. The van der Waals surface area contributed by atoms with E-state index in [1.54, 1.807) is 38.1 Å². The molecule has 0 radical (unpaired) electrons. The Morgan fingerprint density at radius 2 is 2.03 bits per heavy atom. The number of nitro groups is 1. The van der Waals surface area contributed by atoms with Gasteiger partial charge < -0.3 is 9.47 Å². The highest BCUT2D eigenvalue weighted by atomic mass is 35.5. The molecule has 1 amide bonds. The van der Waals surface area contributed by atoms with E-state index in [4.69, 9.17) is 21.1 Å². The van der Waals surface area contributed by atoms with Crippen LogP contribution in [0.5, 0.6) is 11.5 Å². The molecule has 10 nitrogen and oxygen atoms in total. The lowest BCUT2D eigenvalue weighted by atomic mass is 10.2. The van der Waals surface area contributed by atoms with Gasteiger partial charge in [-0.15, -0.1) is 0 Å². The number of hydrazone groups is 1. The van der Waals surface area contributed by atoms with Crippen molar-refractivity contribution < 1.29 is 19.2 Å². The third kappa shape index (κ3) is 5.52. The van der Waals surface area contributed by atoms with Gasteiger partial charge in [0.15, 0.2) is 11.5 Å². The van der Waals surface area contributed by atoms with Crippen molar-refractivity contribution in [1.29, 1.82) is 0 Å². The fourth-order valence-electron chi connectivity index (χ4n) is 3.33. The zero-order valence-corrected chi connectivity index (χ0v) is 19.9. The van der Waals surface area contributed by atoms with Crippen LogP contribution in [0, 0.1) is 24.0 Å². The first kappa shape index (κ1) is 24.7. The van der Waals surface area contributed by atoms with E-state index in [9.17, 15) is 14.9 Å². The van der Waals surface area contributed by atoms with Crippen molar-refractivity contribution in [2.24, 2.45) is 5.10 Å². The van der Waals surface area contributed by atoms with Gasteiger partial charge in [-0.1, -0.05) is 29.8 Å². The van der Waals surface area contributed by atoms with Crippen LogP contribution in [-0.4, -0.2) is 33.9 Å². The summed E-state index contributed by atoms with van der Waals surface area (Å²) >= 11 is 6.17. The molecule has 1 aromatic heterocycles. The monoisotopic (exact) mass is 485 g/mol. The highest BCUT2D eigenvalue weighted by molar-refractivity contribution is 6.31. The van der Waals surface area contributed by atoms with E-state index >= 15 is 0 Å². The Hall–Kier alpha value is -3.92. The molecule has 34 heavy (non-hydrogen) atoms. The molecule has 1 N–H and O–H groups in total. The molecule has 0 saturated heterocycles. The van der Waals surface area contributed by atoms with Crippen molar-refractivity contribution in [3.63, 3.8) is 0 Å². The topological polar surface area (TPSA) is 121 Å². The van der Waals surface area contributed by atoms with Crippen molar-refractivity contribution in [2.75, 3.05) is 7.11 Å². The van der Waals surface area contributed by atoms with E-state index in [1.165, 1.54) is 24.9 Å². The Kier molecular flexibility index (Phi) is 7.85. The maximum atomic E-state index is 12.5. The SMILES string of the molecule is COc1cc(/C=N/NC(=O)C(C)n2nc(C)c([N+](=O)[O-])c2C)ccc1OCc1ccccc1Cl. The van der Waals surface area contributed by atoms with E-state index in [0.29, 0.717) is 27.8 Å². The Balaban J connectivity index is 1.65. The van der Waals surface area contributed by atoms with Crippen LogP contribution in [0.1, 0.15) is 35.5 Å². The summed E-state index contributed by atoms with van der Waals surface area (Å²) in [6, 6.07) is 11.8. The number of ether oxygens (including phenoxy) is 2. The predicted octanol–water partition coefficient (Wildman–Crippen LogP) is 4.36. The van der Waals surface area contributed by atoms with E-state index in [-0.39, 0.29) is 18.0 Å². The van der Waals surface area contributed by atoms with Gasteiger partial charge in [-0.3, -0.25) is 19.6 Å². The average Bonchev–Trinajstić information content (AvgIpc) is 3.12. The van der Waals surface area contributed by atoms with Crippen LogP contribution < -0.4 is 14.9 Å². The molecule has 0 spiro atoms. The van der Waals surface area contributed by atoms with Gasteiger partial charge in [0.1, 0.15) is 24.0 Å². The van der Waals surface area contributed by atoms with Gasteiger partial charge in [0.2, 0.25) is 0 Å². The molecule has 0 aliphatic carbocycles. The fraction of sp³-hybridized carbons (Fsp3) is 0.261. The number of hydrogen-bond donors (Lipinski definition) is 1. The van der Waals surface area contributed by atoms with E-state index in [2.05, 4.69) is 15.6 Å². The number of nitrogens with zero attached hydrogens (tertiary/aromatic N) is 4. The number of carbonyl (C=O) groups excluding carboxylic acids is 1. The summed E-state index contributed by atoms with van der Waals surface area (Å²) in [5.41, 5.74) is 4.38. The number of nitrogens with one attached hydrogen (secondary N) is 1. The molecule has 11 heteroatoms. The fourth-order valence-corrected chi connectivity index (χ4v) is 3.52. The minimum absolute atomic E-state index is 0.105. The summed E-state index contributed by atoms with van der Waals surface area (Å²) in [5, 5.41) is 19.9. The molecule has 178 valence electrons. The first-order chi connectivity index (χ1) is 16.2. The van der Waals surface area contributed by atoms with Crippen LogP contribution in [0.4, 0.5) is 5.69 Å². The zero-order valence-electron chi connectivity index (χ0n) is 19.1. The van der Waals surface area contributed by atoms with Gasteiger partial charge in [0.05, 0.1) is 18.2 Å². The highest BCUT2D eigenvalue weighted by Gasteiger charge is 2.26. The standard InChI is InChI=1S/C23H24ClN5O5/c1-14-22(29(31)32)15(2)28(27-14)16(3)23(30)26-25-12-17-9-10-20(21(11-17)33-4)34-13-18-7-5-6-8-19(18)24/h5-12,16H,13H2,1-4H3,(H,26,30)/b25-12+. The second-order valence-corrected chi connectivity index (χ2v) is 7.83. The van der Waals surface area contributed by atoms with Crippen molar-refractivity contribution in [3.05, 3.63) is 80.1 Å². The summed E-state index contributed by atoms with van der Waals surface area (Å²) < 4.78 is 12.5. The van der Waals surface area contributed by atoms with Crippen molar-refractivity contribution in [2.45, 2.75) is 33.4 Å². The minimum Gasteiger partial charge on any atom is -0.493 e. The maximum Gasteiger partial charge on any atom is 0.312 e. The number of halogens is 1. The van der Waals surface area contributed by atoms with E-state index < -0.39 is 16.9 Å². The molecule has 0 bridgehead atoms. The number of amides is 1. The Morgan fingerprint density at radius 3 is 2.68 bits per heavy atom. The number of aryl methyl sites for hydroxylation is 1. The Bertz CT molecular complexity index is 1240. The Morgan fingerprint density at radius 1 is 1.29 bits per heavy atom. The predicted molar refractivity (Wildman–Crippen MR) is 128 cm³/mol. The summed E-state index contributed by atoms with van der Waals surface area (Å²) in [6.07, 6.45) is 1.45. The molecule has 1 unspecified atom stereocenters. The van der Waals surface area contributed by atoms with Crippen LogP contribution in [0.3, 0.4) is 0 Å². The second kappa shape index (κ2) is 10.8. The van der Waals surface area contributed by atoms with Crippen LogP contribution >= 0.6 is 11.6 Å². The molecule has 0 fully saturated rings. The van der Waals surface area contributed by atoms with Crippen molar-refractivity contribution in [1.82, 2.24) is 15.2 Å². The van der Waals surface area contributed by atoms with E-state index in [1.807, 2.05) is 18.2 Å². The minimum atomic E-state index is -0.792. The summed E-state index contributed by atoms with van der Waals surface area (Å²) in [5.74, 6) is 0.553. The molecular weight excluding hydrogens is 462 g/mol. The normalized spacial score (nSPS) is 11.9. The largest absolute Gasteiger partial charge is 0.493 e. The van der Waals surface area contributed by atoms with Gasteiger partial charge in [-0.2, -0.15) is 10.2 Å². The van der Waals surface area contributed by atoms with Gasteiger partial charge in [-0.25, -0.2) is 5.43 Å². The quantitative estimate of drug-likeness (QED) is 0.273. The molecule has 0 aliphatic rings. The second-order valence-electron chi connectivity index (χ2n) is 7.42. The average molecular weight is 486 g/mol. The van der Waals surface area contributed by atoms with Gasteiger partial charge in [0, 0.05) is 10.6 Å². The molecule has 2 aromatic carbocycles. The number of rotatable bonds is 9. The number of hydrogen-bond acceptors (Lipinski definition) is 7. The molecule has 1 heterocycles. The molecule has 0 aliphatic heterocycles. The Labute approximate surface area is 201 Å². The van der Waals surface area contributed by atoms with Crippen LogP contribution in [0.25, 0.3) is 0 Å². The number of benzene rings is 2. The van der Waals surface area contributed by atoms with Crippen LogP contribution in [-0.2, 0) is 11.4 Å². The van der Waals surface area contributed by atoms with Gasteiger partial charge in [0.25, 0.3) is 5.91 Å². The smallest absolute Gasteiger partial charge is 0.312 e. The van der Waals surface area contributed by atoms with Crippen molar-refractivity contribution >= 4 is 29.4 Å². The summed E-state index contributed by atoms with van der Waals surface area (Å²) in [4.78, 5) is 23.2. The molecule has 0 saturated carbocycles. The van der Waals surface area contributed by atoms with Gasteiger partial charge >= 0.3 is 5.69 Å². The molecular formula is C23H24ClN5O5. The van der Waals surface area contributed by atoms with Crippen LogP contribution in [0.2, 0.25) is 5.02 Å². The molecule has 3 rings (SSSR count). The maximum absolute atomic E-state index is 12.5. The third-order valence-corrected chi connectivity index (χ3v) is 5.50. The lowest BCUT2D eigenvalue weighted by molar-refractivity contribution is -0.386. The lowest BCUT2D eigenvalue weighted by Crippen LogP contribution is -2.28. The first-order valence-electron chi connectivity index (χ1n) is 10.3. The molecule has 1 atom stereocenters. The number of aromatic nitrogens is 2. The first-order valence-corrected chi connectivity index (χ1v) is 10.7.